The van der Waals surface area contributed by atoms with E-state index in [2.05, 4.69) is 37.4 Å². The SMILES string of the molecule is CCCNC(c1ccc(C)o1)c1ccc(C)s1. The Balaban J connectivity index is 2.24. The van der Waals surface area contributed by atoms with Crippen LogP contribution < -0.4 is 5.32 Å². The number of nitrogens with one attached hydrogen (secondary N) is 1. The summed E-state index contributed by atoms with van der Waals surface area (Å²) in [7, 11) is 0. The van der Waals surface area contributed by atoms with Crippen LogP contribution in [0.15, 0.2) is 28.7 Å². The van der Waals surface area contributed by atoms with Gasteiger partial charge in [-0.3, -0.25) is 0 Å². The van der Waals surface area contributed by atoms with Gasteiger partial charge in [0.05, 0.1) is 0 Å². The summed E-state index contributed by atoms with van der Waals surface area (Å²) < 4.78 is 5.75. The maximum absolute atomic E-state index is 5.75. The molecular formula is C14H19NOS. The van der Waals surface area contributed by atoms with Crippen molar-refractivity contribution in [3.63, 3.8) is 0 Å². The van der Waals surface area contributed by atoms with Gasteiger partial charge in [-0.1, -0.05) is 6.92 Å². The molecule has 0 aliphatic rings. The highest BCUT2D eigenvalue weighted by Gasteiger charge is 2.18. The Kier molecular flexibility index (Phi) is 4.02. The van der Waals surface area contributed by atoms with E-state index in [4.69, 9.17) is 4.42 Å². The molecule has 0 saturated heterocycles. The highest BCUT2D eigenvalue weighted by Crippen LogP contribution is 2.29. The second-order valence-corrected chi connectivity index (χ2v) is 5.60. The normalized spacial score (nSPS) is 12.9. The molecule has 92 valence electrons. The van der Waals surface area contributed by atoms with E-state index in [9.17, 15) is 0 Å². The monoisotopic (exact) mass is 249 g/mol. The van der Waals surface area contributed by atoms with Crippen LogP contribution in [0.3, 0.4) is 0 Å². The standard InChI is InChI=1S/C14H19NOS/c1-4-9-15-14(12-7-5-10(2)16-12)13-8-6-11(3)17-13/h5-8,14-15H,4,9H2,1-3H3. The van der Waals surface area contributed by atoms with Crippen LogP contribution in [0.1, 0.15) is 40.7 Å². The Morgan fingerprint density at radius 1 is 1.24 bits per heavy atom. The van der Waals surface area contributed by atoms with Gasteiger partial charge in [0.15, 0.2) is 0 Å². The Morgan fingerprint density at radius 3 is 2.59 bits per heavy atom. The predicted octanol–water partition coefficient (Wildman–Crippen LogP) is 4.05. The second-order valence-electron chi connectivity index (χ2n) is 4.28. The van der Waals surface area contributed by atoms with Gasteiger partial charge in [0.1, 0.15) is 17.6 Å². The summed E-state index contributed by atoms with van der Waals surface area (Å²) in [4.78, 5) is 2.66. The first-order chi connectivity index (χ1) is 8.20. The maximum atomic E-state index is 5.75. The third-order valence-electron chi connectivity index (χ3n) is 2.69. The van der Waals surface area contributed by atoms with E-state index in [1.165, 1.54) is 9.75 Å². The molecule has 0 bridgehead atoms. The summed E-state index contributed by atoms with van der Waals surface area (Å²) in [6.07, 6.45) is 1.13. The van der Waals surface area contributed by atoms with Gasteiger partial charge in [-0.25, -0.2) is 0 Å². The van der Waals surface area contributed by atoms with Crippen molar-refractivity contribution in [1.29, 1.82) is 0 Å². The first-order valence-corrected chi connectivity index (χ1v) is 6.88. The molecule has 1 N–H and O–H groups in total. The van der Waals surface area contributed by atoms with Gasteiger partial charge in [0.2, 0.25) is 0 Å². The zero-order chi connectivity index (χ0) is 12.3. The number of thiophene rings is 1. The summed E-state index contributed by atoms with van der Waals surface area (Å²) in [6, 6.07) is 8.64. The molecule has 0 radical (unpaired) electrons. The molecule has 0 aromatic carbocycles. The number of furan rings is 1. The van der Waals surface area contributed by atoms with Gasteiger partial charge < -0.3 is 9.73 Å². The first-order valence-electron chi connectivity index (χ1n) is 6.06. The van der Waals surface area contributed by atoms with Crippen LogP contribution in [-0.2, 0) is 0 Å². The average molecular weight is 249 g/mol. The van der Waals surface area contributed by atoms with Crippen LogP contribution in [0.2, 0.25) is 0 Å². The van der Waals surface area contributed by atoms with Gasteiger partial charge in [-0.15, -0.1) is 11.3 Å². The molecule has 2 heterocycles. The maximum Gasteiger partial charge on any atom is 0.126 e. The van der Waals surface area contributed by atoms with Crippen molar-refractivity contribution in [2.45, 2.75) is 33.2 Å². The lowest BCUT2D eigenvalue weighted by Crippen LogP contribution is -2.21. The zero-order valence-electron chi connectivity index (χ0n) is 10.6. The van der Waals surface area contributed by atoms with E-state index < -0.39 is 0 Å². The summed E-state index contributed by atoms with van der Waals surface area (Å²) in [6.45, 7) is 7.30. The molecule has 0 amide bonds. The molecule has 0 aliphatic heterocycles. The molecule has 2 aromatic rings. The molecule has 2 aromatic heterocycles. The molecule has 2 rings (SSSR count). The first kappa shape index (κ1) is 12.4. The minimum atomic E-state index is 0.197. The van der Waals surface area contributed by atoms with Crippen molar-refractivity contribution in [1.82, 2.24) is 5.32 Å². The number of hydrogen-bond acceptors (Lipinski definition) is 3. The molecule has 0 spiro atoms. The number of hydrogen-bond donors (Lipinski definition) is 1. The van der Waals surface area contributed by atoms with Gasteiger partial charge in [-0.05, 0) is 51.1 Å². The lowest BCUT2D eigenvalue weighted by Gasteiger charge is -2.14. The van der Waals surface area contributed by atoms with Crippen LogP contribution in [0, 0.1) is 13.8 Å². The van der Waals surface area contributed by atoms with Gasteiger partial charge >= 0.3 is 0 Å². The minimum absolute atomic E-state index is 0.197. The highest BCUT2D eigenvalue weighted by atomic mass is 32.1. The molecule has 0 aliphatic carbocycles. The lowest BCUT2D eigenvalue weighted by atomic mass is 10.2. The summed E-state index contributed by atoms with van der Waals surface area (Å²) >= 11 is 1.83. The molecule has 0 saturated carbocycles. The molecule has 17 heavy (non-hydrogen) atoms. The molecule has 1 unspecified atom stereocenters. The molecule has 1 atom stereocenters. The Morgan fingerprint density at radius 2 is 2.06 bits per heavy atom. The van der Waals surface area contributed by atoms with Gasteiger partial charge in [0.25, 0.3) is 0 Å². The van der Waals surface area contributed by atoms with Crippen molar-refractivity contribution < 1.29 is 4.42 Å². The Labute approximate surface area is 107 Å². The quantitative estimate of drug-likeness (QED) is 0.865. The fraction of sp³-hybridized carbons (Fsp3) is 0.429. The van der Waals surface area contributed by atoms with Gasteiger partial charge in [0, 0.05) is 9.75 Å². The Bertz CT molecular complexity index is 432. The van der Waals surface area contributed by atoms with E-state index in [1.807, 2.05) is 24.3 Å². The average Bonchev–Trinajstić information content (AvgIpc) is 2.89. The van der Waals surface area contributed by atoms with E-state index >= 15 is 0 Å². The Hall–Kier alpha value is -1.06. The molecular weight excluding hydrogens is 230 g/mol. The molecule has 0 fully saturated rings. The fourth-order valence-electron chi connectivity index (χ4n) is 1.85. The van der Waals surface area contributed by atoms with E-state index in [0.29, 0.717) is 0 Å². The van der Waals surface area contributed by atoms with Crippen molar-refractivity contribution in [3.8, 4) is 0 Å². The van der Waals surface area contributed by atoms with Crippen LogP contribution in [0.25, 0.3) is 0 Å². The minimum Gasteiger partial charge on any atom is -0.464 e. The van der Waals surface area contributed by atoms with E-state index in [0.717, 1.165) is 24.5 Å². The topological polar surface area (TPSA) is 25.2 Å². The third-order valence-corrected chi connectivity index (χ3v) is 3.76. The third kappa shape index (κ3) is 2.99. The largest absolute Gasteiger partial charge is 0.464 e. The number of aryl methyl sites for hydroxylation is 2. The van der Waals surface area contributed by atoms with Crippen LogP contribution in [0.5, 0.6) is 0 Å². The zero-order valence-corrected chi connectivity index (χ0v) is 11.4. The second kappa shape index (κ2) is 5.52. The van der Waals surface area contributed by atoms with Crippen molar-refractivity contribution in [2.75, 3.05) is 6.54 Å². The van der Waals surface area contributed by atoms with Crippen molar-refractivity contribution in [2.24, 2.45) is 0 Å². The van der Waals surface area contributed by atoms with Crippen molar-refractivity contribution in [3.05, 3.63) is 45.5 Å². The van der Waals surface area contributed by atoms with Crippen LogP contribution >= 0.6 is 11.3 Å². The van der Waals surface area contributed by atoms with Gasteiger partial charge in [-0.2, -0.15) is 0 Å². The summed E-state index contributed by atoms with van der Waals surface area (Å²) in [5, 5.41) is 3.55. The predicted molar refractivity (Wildman–Crippen MR) is 72.6 cm³/mol. The molecule has 2 nitrogen and oxygen atoms in total. The van der Waals surface area contributed by atoms with E-state index in [1.54, 1.807) is 0 Å². The highest BCUT2D eigenvalue weighted by molar-refractivity contribution is 7.12. The summed E-state index contributed by atoms with van der Waals surface area (Å²) in [5.41, 5.74) is 0. The number of rotatable bonds is 5. The van der Waals surface area contributed by atoms with Crippen molar-refractivity contribution >= 4 is 11.3 Å². The fourth-order valence-corrected chi connectivity index (χ4v) is 2.81. The van der Waals surface area contributed by atoms with Crippen LogP contribution in [-0.4, -0.2) is 6.54 Å². The molecule has 3 heteroatoms. The smallest absolute Gasteiger partial charge is 0.126 e. The van der Waals surface area contributed by atoms with Crippen LogP contribution in [0.4, 0.5) is 0 Å². The summed E-state index contributed by atoms with van der Waals surface area (Å²) in [5.74, 6) is 1.98. The lowest BCUT2D eigenvalue weighted by molar-refractivity contribution is 0.433. The van der Waals surface area contributed by atoms with E-state index in [-0.39, 0.29) is 6.04 Å².